The van der Waals surface area contributed by atoms with Crippen molar-refractivity contribution < 1.29 is 4.79 Å². The van der Waals surface area contributed by atoms with Crippen LogP contribution < -0.4 is 10.6 Å². The number of aryl methyl sites for hydroxylation is 1. The summed E-state index contributed by atoms with van der Waals surface area (Å²) in [7, 11) is 0. The maximum absolute atomic E-state index is 12.8. The predicted molar refractivity (Wildman–Crippen MR) is 134 cm³/mol. The van der Waals surface area contributed by atoms with Gasteiger partial charge < -0.3 is 15.6 Å². The van der Waals surface area contributed by atoms with Crippen LogP contribution in [0.3, 0.4) is 0 Å². The summed E-state index contributed by atoms with van der Waals surface area (Å²) in [5.41, 5.74) is 5.01. The van der Waals surface area contributed by atoms with Gasteiger partial charge in [0, 0.05) is 23.6 Å². The summed E-state index contributed by atoms with van der Waals surface area (Å²) in [4.78, 5) is 24.5. The molecule has 0 atom stereocenters. The zero-order chi connectivity index (χ0) is 23.6. The van der Waals surface area contributed by atoms with Crippen molar-refractivity contribution in [1.82, 2.24) is 15.0 Å². The van der Waals surface area contributed by atoms with Gasteiger partial charge in [0.05, 0.1) is 11.2 Å². The summed E-state index contributed by atoms with van der Waals surface area (Å²) < 4.78 is 0. The van der Waals surface area contributed by atoms with Crippen LogP contribution in [0.25, 0.3) is 5.57 Å². The molecule has 0 spiro atoms. The fraction of sp³-hybridized carbons (Fsp3) is 0.370. The van der Waals surface area contributed by atoms with E-state index >= 15 is 0 Å². The van der Waals surface area contributed by atoms with Crippen LogP contribution in [0, 0.1) is 12.3 Å². The first-order valence-corrected chi connectivity index (χ1v) is 11.5. The van der Waals surface area contributed by atoms with Gasteiger partial charge in [0.25, 0.3) is 5.91 Å². The highest BCUT2D eigenvalue weighted by Gasteiger charge is 2.26. The van der Waals surface area contributed by atoms with Crippen molar-refractivity contribution in [2.45, 2.75) is 59.4 Å². The normalized spacial score (nSPS) is 15.6. The van der Waals surface area contributed by atoms with E-state index in [0.717, 1.165) is 47.6 Å². The van der Waals surface area contributed by atoms with Crippen LogP contribution >= 0.6 is 0 Å². The van der Waals surface area contributed by atoms with Gasteiger partial charge in [-0.2, -0.15) is 0 Å². The molecule has 1 amide bonds. The minimum Gasteiger partial charge on any atom is -0.361 e. The summed E-state index contributed by atoms with van der Waals surface area (Å²) >= 11 is 0. The first-order valence-electron chi connectivity index (χ1n) is 11.5. The summed E-state index contributed by atoms with van der Waals surface area (Å²) in [6, 6.07) is 12.1. The van der Waals surface area contributed by atoms with Crippen molar-refractivity contribution in [3.05, 3.63) is 77.5 Å². The molecule has 6 heteroatoms. The molecule has 1 aliphatic rings. The number of anilines is 2. The number of imidazole rings is 1. The zero-order valence-corrected chi connectivity index (χ0v) is 20.1. The number of hydrogen-bond acceptors (Lipinski definition) is 4. The Balaban J connectivity index is 1.69. The van der Waals surface area contributed by atoms with Crippen LogP contribution in [-0.4, -0.2) is 20.9 Å². The Morgan fingerprint density at radius 1 is 1.18 bits per heavy atom. The SMILES string of the molecule is Cc1c[nH]c(C(=O)Nc2ccc(C(C)(C)Nc3ccccn3)cc2C2=CCC(C)(C)CC2)n1. The second kappa shape index (κ2) is 8.85. The van der Waals surface area contributed by atoms with Crippen molar-refractivity contribution in [2.75, 3.05) is 10.6 Å². The van der Waals surface area contributed by atoms with Crippen molar-refractivity contribution in [3.8, 4) is 0 Å². The molecular weight excluding hydrogens is 410 g/mol. The number of aromatic amines is 1. The average Bonchev–Trinajstić information content (AvgIpc) is 3.21. The minimum absolute atomic E-state index is 0.236. The summed E-state index contributed by atoms with van der Waals surface area (Å²) in [6.45, 7) is 10.8. The van der Waals surface area contributed by atoms with Crippen molar-refractivity contribution in [2.24, 2.45) is 5.41 Å². The molecule has 33 heavy (non-hydrogen) atoms. The van der Waals surface area contributed by atoms with Crippen LogP contribution in [-0.2, 0) is 5.54 Å². The number of H-pyrrole nitrogens is 1. The zero-order valence-electron chi connectivity index (χ0n) is 20.1. The number of amides is 1. The monoisotopic (exact) mass is 443 g/mol. The van der Waals surface area contributed by atoms with Gasteiger partial charge in [-0.3, -0.25) is 4.79 Å². The molecule has 1 aliphatic carbocycles. The summed E-state index contributed by atoms with van der Waals surface area (Å²) in [6.07, 6.45) is 8.96. The highest BCUT2D eigenvalue weighted by Crippen LogP contribution is 2.41. The first kappa shape index (κ1) is 22.8. The highest BCUT2D eigenvalue weighted by molar-refractivity contribution is 6.03. The molecule has 3 N–H and O–H groups in total. The van der Waals surface area contributed by atoms with E-state index in [-0.39, 0.29) is 11.4 Å². The smallest absolute Gasteiger partial charge is 0.291 e. The average molecular weight is 444 g/mol. The molecule has 6 nitrogen and oxygen atoms in total. The van der Waals surface area contributed by atoms with Crippen LogP contribution in [0.15, 0.2) is 54.9 Å². The van der Waals surface area contributed by atoms with Gasteiger partial charge in [0.15, 0.2) is 5.82 Å². The van der Waals surface area contributed by atoms with Crippen molar-refractivity contribution in [1.29, 1.82) is 0 Å². The molecular formula is C27H33N5O. The van der Waals surface area contributed by atoms with E-state index in [1.807, 2.05) is 31.2 Å². The van der Waals surface area contributed by atoms with E-state index < -0.39 is 0 Å². The number of carbonyl (C=O) groups is 1. The van der Waals surface area contributed by atoms with Crippen LogP contribution in [0.1, 0.15) is 74.4 Å². The van der Waals surface area contributed by atoms with Crippen molar-refractivity contribution in [3.63, 3.8) is 0 Å². The maximum Gasteiger partial charge on any atom is 0.291 e. The number of pyridine rings is 1. The molecule has 1 aromatic carbocycles. The molecule has 0 unspecified atom stereocenters. The third-order valence-electron chi connectivity index (χ3n) is 6.33. The molecule has 0 saturated heterocycles. The quantitative estimate of drug-likeness (QED) is 0.417. The van der Waals surface area contributed by atoms with E-state index in [9.17, 15) is 4.79 Å². The fourth-order valence-electron chi connectivity index (χ4n) is 4.17. The number of nitrogens with one attached hydrogen (secondary N) is 3. The van der Waals surface area contributed by atoms with Gasteiger partial charge in [-0.25, -0.2) is 9.97 Å². The largest absolute Gasteiger partial charge is 0.361 e. The third-order valence-corrected chi connectivity index (χ3v) is 6.33. The van der Waals surface area contributed by atoms with E-state index in [4.69, 9.17) is 0 Å². The van der Waals surface area contributed by atoms with Gasteiger partial charge in [-0.05, 0) is 80.9 Å². The molecule has 0 aliphatic heterocycles. The Morgan fingerprint density at radius 2 is 2.00 bits per heavy atom. The summed E-state index contributed by atoms with van der Waals surface area (Å²) in [5.74, 6) is 0.909. The van der Waals surface area contributed by atoms with E-state index in [0.29, 0.717) is 11.2 Å². The molecule has 4 rings (SSSR count). The fourth-order valence-corrected chi connectivity index (χ4v) is 4.17. The lowest BCUT2D eigenvalue weighted by Gasteiger charge is -2.31. The lowest BCUT2D eigenvalue weighted by atomic mass is 9.76. The Labute approximate surface area is 196 Å². The summed E-state index contributed by atoms with van der Waals surface area (Å²) in [5, 5.41) is 6.61. The van der Waals surface area contributed by atoms with Crippen molar-refractivity contribution >= 4 is 23.0 Å². The molecule has 0 bridgehead atoms. The Bertz CT molecular complexity index is 1170. The molecule has 172 valence electrons. The number of aromatic nitrogens is 3. The first-order chi connectivity index (χ1) is 15.6. The lowest BCUT2D eigenvalue weighted by Crippen LogP contribution is -2.28. The maximum atomic E-state index is 12.8. The van der Waals surface area contributed by atoms with Gasteiger partial charge in [-0.15, -0.1) is 0 Å². The van der Waals surface area contributed by atoms with Gasteiger partial charge in [0.2, 0.25) is 0 Å². The van der Waals surface area contributed by atoms with Gasteiger partial charge in [-0.1, -0.05) is 32.1 Å². The van der Waals surface area contributed by atoms with E-state index in [1.165, 1.54) is 5.57 Å². The molecule has 0 fully saturated rings. The number of hydrogen-bond donors (Lipinski definition) is 3. The minimum atomic E-state index is -0.349. The van der Waals surface area contributed by atoms with Gasteiger partial charge >= 0.3 is 0 Å². The highest BCUT2D eigenvalue weighted by atomic mass is 16.2. The van der Waals surface area contributed by atoms with E-state index in [1.54, 1.807) is 12.4 Å². The number of nitrogens with zero attached hydrogens (tertiary/aromatic N) is 2. The Morgan fingerprint density at radius 3 is 2.64 bits per heavy atom. The van der Waals surface area contributed by atoms with Crippen LogP contribution in [0.2, 0.25) is 0 Å². The molecule has 2 aromatic heterocycles. The van der Waals surface area contributed by atoms with Crippen LogP contribution in [0.5, 0.6) is 0 Å². The Hall–Kier alpha value is -3.41. The standard InChI is InChI=1S/C27H33N5O/c1-18-17-29-24(30-18)25(33)31-22-10-9-20(27(4,5)32-23-8-6-7-15-28-23)16-21(22)19-11-13-26(2,3)14-12-19/h6-11,15-17H,12-14H2,1-5H3,(H,28,32)(H,29,30)(H,31,33). The second-order valence-corrected chi connectivity index (χ2v) is 10.2. The Kier molecular flexibility index (Phi) is 6.11. The molecule has 0 saturated carbocycles. The lowest BCUT2D eigenvalue weighted by molar-refractivity contribution is 0.101. The molecule has 3 aromatic rings. The van der Waals surface area contributed by atoms with Crippen LogP contribution in [0.4, 0.5) is 11.5 Å². The topological polar surface area (TPSA) is 82.7 Å². The molecule has 2 heterocycles. The third kappa shape index (κ3) is 5.33. The predicted octanol–water partition coefficient (Wildman–Crippen LogP) is 6.31. The number of allylic oxidation sites excluding steroid dienone is 2. The number of carbonyl (C=O) groups excluding carboxylic acids is 1. The molecule has 0 radical (unpaired) electrons. The van der Waals surface area contributed by atoms with E-state index in [2.05, 4.69) is 71.5 Å². The number of rotatable bonds is 6. The number of benzene rings is 1. The van der Waals surface area contributed by atoms with Gasteiger partial charge in [0.1, 0.15) is 5.82 Å². The second-order valence-electron chi connectivity index (χ2n) is 10.2.